The van der Waals surface area contributed by atoms with Crippen LogP contribution in [0.25, 0.3) is 0 Å². The van der Waals surface area contributed by atoms with E-state index in [0.29, 0.717) is 13.1 Å². The highest BCUT2D eigenvalue weighted by Crippen LogP contribution is 2.18. The topological polar surface area (TPSA) is 58.6 Å². The molecule has 0 radical (unpaired) electrons. The van der Waals surface area contributed by atoms with Crippen LogP contribution in [0.15, 0.2) is 42.5 Å². The van der Waals surface area contributed by atoms with E-state index in [4.69, 9.17) is 4.74 Å². The van der Waals surface area contributed by atoms with Crippen molar-refractivity contribution < 1.29 is 14.3 Å². The van der Waals surface area contributed by atoms with Crippen molar-refractivity contribution in [2.24, 2.45) is 0 Å². The van der Waals surface area contributed by atoms with Crippen molar-refractivity contribution in [3.63, 3.8) is 0 Å². The summed E-state index contributed by atoms with van der Waals surface area (Å²) in [5, 5.41) is 2.93. The van der Waals surface area contributed by atoms with E-state index >= 15 is 0 Å². The van der Waals surface area contributed by atoms with Crippen LogP contribution in [0.4, 0.5) is 5.69 Å². The quantitative estimate of drug-likeness (QED) is 0.825. The third-order valence-corrected chi connectivity index (χ3v) is 4.47. The molecule has 0 heterocycles. The van der Waals surface area contributed by atoms with Crippen LogP contribution in [0.2, 0.25) is 0 Å². The van der Waals surface area contributed by atoms with Crippen molar-refractivity contribution >= 4 is 17.5 Å². The second-order valence-corrected chi connectivity index (χ2v) is 6.33. The maximum Gasteiger partial charge on any atom is 0.226 e. The number of nitrogens with zero attached hydrogens (tertiary/aromatic N) is 1. The van der Waals surface area contributed by atoms with Gasteiger partial charge in [-0.15, -0.1) is 0 Å². The number of hydrogen-bond acceptors (Lipinski definition) is 3. The van der Waals surface area contributed by atoms with Gasteiger partial charge in [-0.2, -0.15) is 0 Å². The van der Waals surface area contributed by atoms with Crippen LogP contribution in [0, 0.1) is 13.8 Å². The van der Waals surface area contributed by atoms with Gasteiger partial charge in [0.15, 0.2) is 0 Å². The van der Waals surface area contributed by atoms with E-state index in [0.717, 1.165) is 28.1 Å². The number of ether oxygens (including phenoxy) is 1. The lowest BCUT2D eigenvalue weighted by Crippen LogP contribution is -2.31. The first-order valence-electron chi connectivity index (χ1n) is 8.65. The number of nitrogens with one attached hydrogen (secondary N) is 1. The Morgan fingerprint density at radius 3 is 2.38 bits per heavy atom. The molecule has 0 aliphatic rings. The summed E-state index contributed by atoms with van der Waals surface area (Å²) in [6, 6.07) is 13.4. The van der Waals surface area contributed by atoms with Gasteiger partial charge in [-0.3, -0.25) is 9.59 Å². The zero-order valence-electron chi connectivity index (χ0n) is 15.8. The summed E-state index contributed by atoms with van der Waals surface area (Å²) in [5.74, 6) is 0.621. The molecule has 0 aliphatic carbocycles. The van der Waals surface area contributed by atoms with E-state index in [9.17, 15) is 9.59 Å². The Hall–Kier alpha value is -2.82. The number of methoxy groups -OCH3 is 1. The first-order valence-corrected chi connectivity index (χ1v) is 8.65. The average molecular weight is 354 g/mol. The number of hydrogen-bond donors (Lipinski definition) is 1. The van der Waals surface area contributed by atoms with Gasteiger partial charge >= 0.3 is 0 Å². The van der Waals surface area contributed by atoms with E-state index in [1.807, 2.05) is 56.3 Å². The van der Waals surface area contributed by atoms with Gasteiger partial charge in [0.25, 0.3) is 0 Å². The lowest BCUT2D eigenvalue weighted by atomic mass is 10.1. The molecule has 0 bridgehead atoms. The summed E-state index contributed by atoms with van der Waals surface area (Å²) in [5.41, 5.74) is 4.01. The SMILES string of the molecule is COc1ccc(CN(CCC(=O)Nc2cccc(C)c2C)C(C)=O)cc1. The summed E-state index contributed by atoms with van der Waals surface area (Å²) >= 11 is 0. The number of amides is 2. The first-order chi connectivity index (χ1) is 12.4. The molecular weight excluding hydrogens is 328 g/mol. The Balaban J connectivity index is 1.93. The Morgan fingerprint density at radius 1 is 1.08 bits per heavy atom. The highest BCUT2D eigenvalue weighted by atomic mass is 16.5. The van der Waals surface area contributed by atoms with Crippen LogP contribution in [-0.2, 0) is 16.1 Å². The maximum atomic E-state index is 12.3. The van der Waals surface area contributed by atoms with E-state index < -0.39 is 0 Å². The summed E-state index contributed by atoms with van der Waals surface area (Å²) < 4.78 is 5.14. The molecule has 0 aromatic heterocycles. The summed E-state index contributed by atoms with van der Waals surface area (Å²) in [7, 11) is 1.62. The fourth-order valence-corrected chi connectivity index (χ4v) is 2.63. The molecule has 0 aliphatic heterocycles. The summed E-state index contributed by atoms with van der Waals surface area (Å²) in [6.45, 7) is 6.36. The zero-order valence-corrected chi connectivity index (χ0v) is 15.8. The fraction of sp³-hybridized carbons (Fsp3) is 0.333. The van der Waals surface area contributed by atoms with Gasteiger partial charge in [-0.25, -0.2) is 0 Å². The molecule has 2 aromatic rings. The van der Waals surface area contributed by atoms with Crippen LogP contribution in [-0.4, -0.2) is 30.4 Å². The Labute approximate surface area is 155 Å². The number of anilines is 1. The van der Waals surface area contributed by atoms with Crippen molar-refractivity contribution in [3.8, 4) is 5.75 Å². The van der Waals surface area contributed by atoms with Crippen molar-refractivity contribution in [1.29, 1.82) is 0 Å². The molecular formula is C21H26N2O3. The number of carbonyl (C=O) groups is 2. The minimum atomic E-state index is -0.0975. The highest BCUT2D eigenvalue weighted by Gasteiger charge is 2.13. The standard InChI is InChI=1S/C21H26N2O3/c1-15-6-5-7-20(16(15)2)22-21(25)12-13-23(17(3)24)14-18-8-10-19(26-4)11-9-18/h5-11H,12-14H2,1-4H3,(H,22,25). The van der Waals surface area contributed by atoms with Gasteiger partial charge in [0.05, 0.1) is 7.11 Å². The zero-order chi connectivity index (χ0) is 19.1. The van der Waals surface area contributed by atoms with Crippen LogP contribution in [0.1, 0.15) is 30.0 Å². The Kier molecular flexibility index (Phi) is 6.78. The Bertz CT molecular complexity index is 769. The van der Waals surface area contributed by atoms with Gasteiger partial charge in [0.1, 0.15) is 5.75 Å². The van der Waals surface area contributed by atoms with E-state index in [1.165, 1.54) is 6.92 Å². The van der Waals surface area contributed by atoms with Crippen LogP contribution < -0.4 is 10.1 Å². The largest absolute Gasteiger partial charge is 0.497 e. The van der Waals surface area contributed by atoms with E-state index in [-0.39, 0.29) is 18.2 Å². The fourth-order valence-electron chi connectivity index (χ4n) is 2.63. The van der Waals surface area contributed by atoms with Gasteiger partial charge in [0.2, 0.25) is 11.8 Å². The van der Waals surface area contributed by atoms with Crippen LogP contribution >= 0.6 is 0 Å². The van der Waals surface area contributed by atoms with Gasteiger partial charge in [0, 0.05) is 32.1 Å². The molecule has 0 spiro atoms. The second kappa shape index (κ2) is 9.04. The molecule has 5 heteroatoms. The molecule has 0 saturated carbocycles. The van der Waals surface area contributed by atoms with Crippen molar-refractivity contribution in [2.45, 2.75) is 33.7 Å². The molecule has 2 amide bonds. The predicted molar refractivity (Wildman–Crippen MR) is 103 cm³/mol. The number of carbonyl (C=O) groups excluding carboxylic acids is 2. The van der Waals surface area contributed by atoms with Gasteiger partial charge in [-0.1, -0.05) is 24.3 Å². The lowest BCUT2D eigenvalue weighted by molar-refractivity contribution is -0.129. The maximum absolute atomic E-state index is 12.3. The minimum absolute atomic E-state index is 0.0552. The molecule has 26 heavy (non-hydrogen) atoms. The normalized spacial score (nSPS) is 10.3. The van der Waals surface area contributed by atoms with Gasteiger partial charge < -0.3 is 15.0 Å². The first kappa shape index (κ1) is 19.5. The van der Waals surface area contributed by atoms with Crippen LogP contribution in [0.5, 0.6) is 5.75 Å². The monoisotopic (exact) mass is 354 g/mol. The molecule has 2 aromatic carbocycles. The minimum Gasteiger partial charge on any atom is -0.497 e. The highest BCUT2D eigenvalue weighted by molar-refractivity contribution is 5.92. The van der Waals surface area contributed by atoms with E-state index in [1.54, 1.807) is 12.0 Å². The molecule has 0 saturated heterocycles. The molecule has 0 unspecified atom stereocenters. The van der Waals surface area contributed by atoms with Gasteiger partial charge in [-0.05, 0) is 48.7 Å². The average Bonchev–Trinajstić information content (AvgIpc) is 2.62. The molecule has 5 nitrogen and oxygen atoms in total. The smallest absolute Gasteiger partial charge is 0.226 e. The number of benzene rings is 2. The molecule has 0 fully saturated rings. The van der Waals surface area contributed by atoms with Crippen LogP contribution in [0.3, 0.4) is 0 Å². The number of aryl methyl sites for hydroxylation is 1. The van der Waals surface area contributed by atoms with Crippen molar-refractivity contribution in [3.05, 3.63) is 59.2 Å². The lowest BCUT2D eigenvalue weighted by Gasteiger charge is -2.21. The van der Waals surface area contributed by atoms with Crippen molar-refractivity contribution in [1.82, 2.24) is 4.90 Å². The Morgan fingerprint density at radius 2 is 1.77 bits per heavy atom. The molecule has 2 rings (SSSR count). The molecule has 1 N–H and O–H groups in total. The number of rotatable bonds is 7. The second-order valence-electron chi connectivity index (χ2n) is 6.33. The molecule has 0 atom stereocenters. The summed E-state index contributed by atoms with van der Waals surface area (Å²) in [4.78, 5) is 25.9. The van der Waals surface area contributed by atoms with Crippen molar-refractivity contribution in [2.75, 3.05) is 19.0 Å². The third-order valence-electron chi connectivity index (χ3n) is 4.47. The third kappa shape index (κ3) is 5.34. The predicted octanol–water partition coefficient (Wildman–Crippen LogP) is 3.69. The van der Waals surface area contributed by atoms with E-state index in [2.05, 4.69) is 5.32 Å². The summed E-state index contributed by atoms with van der Waals surface area (Å²) in [6.07, 6.45) is 0.253. The molecule has 138 valence electrons.